The van der Waals surface area contributed by atoms with Crippen LogP contribution in [0.1, 0.15) is 38.2 Å². The normalized spacial score (nSPS) is 16.8. The quantitative estimate of drug-likeness (QED) is 0.796. The maximum Gasteiger partial charge on any atom is 0.137 e. The SMILES string of the molecule is CCCC1CCN(CCOc2ccccc2C#N)CC1. The van der Waals surface area contributed by atoms with Crippen molar-refractivity contribution in [1.29, 1.82) is 5.26 Å². The fourth-order valence-electron chi connectivity index (χ4n) is 2.88. The van der Waals surface area contributed by atoms with Gasteiger partial charge in [0.25, 0.3) is 0 Å². The lowest BCUT2D eigenvalue weighted by Gasteiger charge is -2.31. The molecule has 3 nitrogen and oxygen atoms in total. The molecule has 1 saturated heterocycles. The molecule has 0 unspecified atom stereocenters. The average Bonchev–Trinajstić information content (AvgIpc) is 2.50. The summed E-state index contributed by atoms with van der Waals surface area (Å²) in [5.74, 6) is 1.63. The number of rotatable bonds is 6. The van der Waals surface area contributed by atoms with E-state index < -0.39 is 0 Å². The highest BCUT2D eigenvalue weighted by molar-refractivity contribution is 5.42. The van der Waals surface area contributed by atoms with Crippen LogP contribution in [0.5, 0.6) is 5.75 Å². The zero-order valence-electron chi connectivity index (χ0n) is 12.3. The van der Waals surface area contributed by atoms with Gasteiger partial charge in [-0.15, -0.1) is 0 Å². The Morgan fingerprint density at radius 3 is 2.75 bits per heavy atom. The van der Waals surface area contributed by atoms with Gasteiger partial charge >= 0.3 is 0 Å². The van der Waals surface area contributed by atoms with Crippen LogP contribution in [0, 0.1) is 17.2 Å². The smallest absolute Gasteiger partial charge is 0.137 e. The zero-order chi connectivity index (χ0) is 14.2. The molecule has 1 aliphatic rings. The van der Waals surface area contributed by atoms with E-state index in [1.54, 1.807) is 6.07 Å². The number of ether oxygens (including phenoxy) is 1. The summed E-state index contributed by atoms with van der Waals surface area (Å²) in [6, 6.07) is 9.60. The van der Waals surface area contributed by atoms with Crippen molar-refractivity contribution < 1.29 is 4.74 Å². The van der Waals surface area contributed by atoms with Crippen molar-refractivity contribution in [3.8, 4) is 11.8 Å². The minimum atomic E-state index is 0.620. The summed E-state index contributed by atoms with van der Waals surface area (Å²) in [5, 5.41) is 9.01. The Bertz CT molecular complexity index is 445. The van der Waals surface area contributed by atoms with Crippen molar-refractivity contribution in [2.24, 2.45) is 5.92 Å². The molecule has 0 bridgehead atoms. The average molecular weight is 272 g/mol. The largest absolute Gasteiger partial charge is 0.491 e. The van der Waals surface area contributed by atoms with Gasteiger partial charge in [-0.25, -0.2) is 0 Å². The van der Waals surface area contributed by atoms with Crippen LogP contribution in [-0.4, -0.2) is 31.1 Å². The first-order chi connectivity index (χ1) is 9.83. The van der Waals surface area contributed by atoms with E-state index in [0.717, 1.165) is 12.5 Å². The first-order valence-electron chi connectivity index (χ1n) is 7.67. The van der Waals surface area contributed by atoms with Gasteiger partial charge in [0, 0.05) is 6.54 Å². The van der Waals surface area contributed by atoms with Crippen LogP contribution in [0.3, 0.4) is 0 Å². The Morgan fingerprint density at radius 1 is 1.30 bits per heavy atom. The van der Waals surface area contributed by atoms with E-state index in [4.69, 9.17) is 10.00 Å². The molecule has 0 amide bonds. The topological polar surface area (TPSA) is 36.3 Å². The summed E-state index contributed by atoms with van der Waals surface area (Å²) in [4.78, 5) is 2.47. The van der Waals surface area contributed by atoms with E-state index in [9.17, 15) is 0 Å². The highest BCUT2D eigenvalue weighted by atomic mass is 16.5. The Labute approximate surface area is 122 Å². The minimum absolute atomic E-state index is 0.620. The lowest BCUT2D eigenvalue weighted by atomic mass is 9.92. The van der Waals surface area contributed by atoms with Crippen LogP contribution >= 0.6 is 0 Å². The molecule has 20 heavy (non-hydrogen) atoms. The van der Waals surface area contributed by atoms with Crippen LogP contribution in [-0.2, 0) is 0 Å². The fraction of sp³-hybridized carbons (Fsp3) is 0.588. The Kier molecular flexibility index (Phi) is 5.88. The molecule has 0 saturated carbocycles. The number of likely N-dealkylation sites (tertiary alicyclic amines) is 1. The number of nitrogens with zero attached hydrogens (tertiary/aromatic N) is 2. The number of hydrogen-bond donors (Lipinski definition) is 0. The van der Waals surface area contributed by atoms with E-state index in [-0.39, 0.29) is 0 Å². The molecule has 0 aromatic heterocycles. The monoisotopic (exact) mass is 272 g/mol. The van der Waals surface area contributed by atoms with Gasteiger partial charge in [-0.05, 0) is 44.0 Å². The first-order valence-corrected chi connectivity index (χ1v) is 7.67. The molecule has 1 heterocycles. The molecule has 1 aromatic rings. The van der Waals surface area contributed by atoms with Crippen molar-refractivity contribution >= 4 is 0 Å². The summed E-state index contributed by atoms with van der Waals surface area (Å²) in [6.45, 7) is 6.27. The third kappa shape index (κ3) is 4.25. The molecule has 3 heteroatoms. The van der Waals surface area contributed by atoms with Gasteiger partial charge in [0.1, 0.15) is 18.4 Å². The lowest BCUT2D eigenvalue weighted by molar-refractivity contribution is 0.151. The van der Waals surface area contributed by atoms with Gasteiger partial charge in [0.2, 0.25) is 0 Å². The summed E-state index contributed by atoms with van der Waals surface area (Å²) in [7, 11) is 0. The number of nitriles is 1. The molecule has 1 aromatic carbocycles. The van der Waals surface area contributed by atoms with Crippen molar-refractivity contribution in [1.82, 2.24) is 4.90 Å². The van der Waals surface area contributed by atoms with E-state index in [1.807, 2.05) is 18.2 Å². The molecule has 108 valence electrons. The van der Waals surface area contributed by atoms with E-state index >= 15 is 0 Å². The number of benzene rings is 1. The second kappa shape index (κ2) is 7.91. The summed E-state index contributed by atoms with van der Waals surface area (Å²) in [5.41, 5.74) is 0.620. The van der Waals surface area contributed by atoms with Crippen molar-refractivity contribution in [2.75, 3.05) is 26.2 Å². The molecular formula is C17H24N2O. The Balaban J connectivity index is 1.71. The molecule has 2 rings (SSSR count). The molecule has 0 spiro atoms. The Morgan fingerprint density at radius 2 is 2.05 bits per heavy atom. The zero-order valence-corrected chi connectivity index (χ0v) is 12.3. The van der Waals surface area contributed by atoms with Gasteiger partial charge in [-0.2, -0.15) is 5.26 Å². The van der Waals surface area contributed by atoms with Gasteiger partial charge in [-0.1, -0.05) is 31.9 Å². The van der Waals surface area contributed by atoms with Crippen molar-refractivity contribution in [3.05, 3.63) is 29.8 Å². The van der Waals surface area contributed by atoms with Crippen molar-refractivity contribution in [3.63, 3.8) is 0 Å². The standard InChI is InChI=1S/C17H24N2O/c1-2-5-15-8-10-19(11-9-15)12-13-20-17-7-4-3-6-16(17)14-18/h3-4,6-7,15H,2,5,8-13H2,1H3. The lowest BCUT2D eigenvalue weighted by Crippen LogP contribution is -2.36. The first kappa shape index (κ1) is 14.9. The minimum Gasteiger partial charge on any atom is -0.491 e. The third-order valence-electron chi connectivity index (χ3n) is 4.08. The number of para-hydroxylation sites is 1. The summed E-state index contributed by atoms with van der Waals surface area (Å²) >= 11 is 0. The molecule has 0 atom stereocenters. The molecule has 1 aliphatic heterocycles. The van der Waals surface area contributed by atoms with Crippen LogP contribution < -0.4 is 4.74 Å². The maximum absolute atomic E-state index is 9.01. The number of hydrogen-bond acceptors (Lipinski definition) is 3. The predicted molar refractivity (Wildman–Crippen MR) is 80.7 cm³/mol. The Hall–Kier alpha value is -1.53. The highest BCUT2D eigenvalue weighted by Gasteiger charge is 2.18. The van der Waals surface area contributed by atoms with E-state index in [2.05, 4.69) is 17.9 Å². The van der Waals surface area contributed by atoms with E-state index in [1.165, 1.54) is 38.8 Å². The molecule has 0 N–H and O–H groups in total. The molecular weight excluding hydrogens is 248 g/mol. The highest BCUT2D eigenvalue weighted by Crippen LogP contribution is 2.21. The fourth-order valence-corrected chi connectivity index (χ4v) is 2.88. The second-order valence-electron chi connectivity index (χ2n) is 5.53. The summed E-state index contributed by atoms with van der Waals surface area (Å²) < 4.78 is 5.74. The second-order valence-corrected chi connectivity index (χ2v) is 5.53. The summed E-state index contributed by atoms with van der Waals surface area (Å²) in [6.07, 6.45) is 5.32. The predicted octanol–water partition coefficient (Wildman–Crippen LogP) is 3.45. The molecule has 0 aliphatic carbocycles. The maximum atomic E-state index is 9.01. The van der Waals surface area contributed by atoms with Crippen LogP contribution in [0.25, 0.3) is 0 Å². The van der Waals surface area contributed by atoms with Crippen LogP contribution in [0.15, 0.2) is 24.3 Å². The van der Waals surface area contributed by atoms with Crippen LogP contribution in [0.2, 0.25) is 0 Å². The number of piperidine rings is 1. The molecule has 1 fully saturated rings. The molecule has 0 radical (unpaired) electrons. The van der Waals surface area contributed by atoms with Crippen LogP contribution in [0.4, 0.5) is 0 Å². The van der Waals surface area contributed by atoms with Crippen molar-refractivity contribution in [2.45, 2.75) is 32.6 Å². The van der Waals surface area contributed by atoms with Gasteiger partial charge in [-0.3, -0.25) is 4.90 Å². The van der Waals surface area contributed by atoms with Gasteiger partial charge < -0.3 is 4.74 Å². The third-order valence-corrected chi connectivity index (χ3v) is 4.08. The van der Waals surface area contributed by atoms with E-state index in [0.29, 0.717) is 17.9 Å². The van der Waals surface area contributed by atoms with Gasteiger partial charge in [0.15, 0.2) is 0 Å². The van der Waals surface area contributed by atoms with Gasteiger partial charge in [0.05, 0.1) is 5.56 Å².